The monoisotopic (exact) mass is 482 g/mol. The highest BCUT2D eigenvalue weighted by molar-refractivity contribution is 7.89. The van der Waals surface area contributed by atoms with Gasteiger partial charge >= 0.3 is 6.18 Å². The fourth-order valence-electron chi connectivity index (χ4n) is 3.43. The van der Waals surface area contributed by atoms with E-state index in [2.05, 4.69) is 4.72 Å². The third-order valence-corrected chi connectivity index (χ3v) is 6.60. The maximum absolute atomic E-state index is 14.1. The average Bonchev–Trinajstić information content (AvgIpc) is 3.26. The highest BCUT2D eigenvalue weighted by Gasteiger charge is 2.57. The van der Waals surface area contributed by atoms with Crippen molar-refractivity contribution in [3.8, 4) is 0 Å². The summed E-state index contributed by atoms with van der Waals surface area (Å²) in [6.45, 7) is 2.44. The van der Waals surface area contributed by atoms with Crippen LogP contribution in [0.25, 0.3) is 0 Å². The molecular weight excluding hydrogens is 457 g/mol. The van der Waals surface area contributed by atoms with E-state index in [0.717, 1.165) is 12.1 Å². The third kappa shape index (κ3) is 5.47. The quantitative estimate of drug-likeness (QED) is 0.431. The van der Waals surface area contributed by atoms with Gasteiger partial charge < -0.3 is 14.4 Å². The molecule has 3 rings (SSSR count). The van der Waals surface area contributed by atoms with Crippen LogP contribution in [0.4, 0.5) is 13.2 Å². The van der Waals surface area contributed by atoms with E-state index in [4.69, 9.17) is 4.74 Å². The van der Waals surface area contributed by atoms with E-state index in [-0.39, 0.29) is 35.8 Å². The van der Waals surface area contributed by atoms with E-state index in [1.165, 1.54) is 47.2 Å². The Balaban J connectivity index is 1.84. The van der Waals surface area contributed by atoms with Crippen LogP contribution in [0.3, 0.4) is 0 Å². The number of halogens is 3. The second-order valence-electron chi connectivity index (χ2n) is 7.33. The predicted molar refractivity (Wildman–Crippen MR) is 117 cm³/mol. The molecule has 0 aliphatic rings. The first-order chi connectivity index (χ1) is 15.6. The lowest BCUT2D eigenvalue weighted by molar-refractivity contribution is -0.250. The summed E-state index contributed by atoms with van der Waals surface area (Å²) in [6, 6.07) is 15.4. The number of sulfonamides is 1. The first-order valence-electron chi connectivity index (χ1n) is 10.3. The predicted octanol–water partition coefficient (Wildman–Crippen LogP) is 3.80. The standard InChI is InChI=1S/C23H25F3N2O4S/c1-2-32-16-15-28-14-6-9-21(28)22(29,23(24,25)26)19-12-10-18(11-13-19)17-27-33(30,31)20-7-4-3-5-8-20/h3-14,27,29H,2,15-17H2,1H3. The van der Waals surface area contributed by atoms with Crippen molar-refractivity contribution in [2.24, 2.45) is 0 Å². The topological polar surface area (TPSA) is 80.6 Å². The van der Waals surface area contributed by atoms with Crippen LogP contribution in [0.5, 0.6) is 0 Å². The molecule has 2 aromatic carbocycles. The van der Waals surface area contributed by atoms with Gasteiger partial charge in [0.2, 0.25) is 15.6 Å². The van der Waals surface area contributed by atoms with Crippen LogP contribution >= 0.6 is 0 Å². The first-order valence-corrected chi connectivity index (χ1v) is 11.7. The Morgan fingerprint density at radius 3 is 2.27 bits per heavy atom. The fourth-order valence-corrected chi connectivity index (χ4v) is 4.47. The fraction of sp³-hybridized carbons (Fsp3) is 0.304. The number of benzene rings is 2. The number of nitrogens with zero attached hydrogens (tertiary/aromatic N) is 1. The minimum atomic E-state index is -4.99. The van der Waals surface area contributed by atoms with Crippen LogP contribution in [0.15, 0.2) is 77.8 Å². The molecule has 10 heteroatoms. The zero-order chi connectivity index (χ0) is 24.1. The van der Waals surface area contributed by atoms with Crippen molar-refractivity contribution in [2.45, 2.75) is 36.7 Å². The number of aromatic nitrogens is 1. The molecule has 0 aliphatic carbocycles. The van der Waals surface area contributed by atoms with Crippen molar-refractivity contribution < 1.29 is 31.4 Å². The summed E-state index contributed by atoms with van der Waals surface area (Å²) in [5, 5.41) is 10.9. The second kappa shape index (κ2) is 10.1. The molecule has 0 saturated carbocycles. The summed E-state index contributed by atoms with van der Waals surface area (Å²) >= 11 is 0. The minimum Gasteiger partial charge on any atom is -0.380 e. The molecule has 6 nitrogen and oxygen atoms in total. The molecule has 1 unspecified atom stereocenters. The van der Waals surface area contributed by atoms with Crippen molar-refractivity contribution in [3.05, 3.63) is 89.7 Å². The van der Waals surface area contributed by atoms with Crippen LogP contribution in [-0.4, -0.2) is 37.5 Å². The Kier molecular flexibility index (Phi) is 7.63. The zero-order valence-electron chi connectivity index (χ0n) is 17.9. The molecule has 1 aromatic heterocycles. The van der Waals surface area contributed by atoms with E-state index in [1.54, 1.807) is 25.1 Å². The minimum absolute atomic E-state index is 0.0841. The van der Waals surface area contributed by atoms with Crippen molar-refractivity contribution in [2.75, 3.05) is 13.2 Å². The number of hydrogen-bond acceptors (Lipinski definition) is 4. The summed E-state index contributed by atoms with van der Waals surface area (Å²) in [6.07, 6.45) is -3.54. The van der Waals surface area contributed by atoms with Crippen molar-refractivity contribution in [1.82, 2.24) is 9.29 Å². The summed E-state index contributed by atoms with van der Waals surface area (Å²) < 4.78 is 76.0. The van der Waals surface area contributed by atoms with Gasteiger partial charge in [0.1, 0.15) is 0 Å². The highest BCUT2D eigenvalue weighted by Crippen LogP contribution is 2.44. The molecule has 3 aromatic rings. The Morgan fingerprint density at radius 2 is 1.67 bits per heavy atom. The van der Waals surface area contributed by atoms with Gasteiger partial charge in [-0.2, -0.15) is 13.2 Å². The van der Waals surface area contributed by atoms with E-state index < -0.39 is 21.8 Å². The summed E-state index contributed by atoms with van der Waals surface area (Å²) in [5.41, 5.74) is -3.51. The van der Waals surface area contributed by atoms with Gasteiger partial charge in [-0.3, -0.25) is 0 Å². The van der Waals surface area contributed by atoms with E-state index in [0.29, 0.717) is 12.2 Å². The van der Waals surface area contributed by atoms with Gasteiger partial charge in [0, 0.05) is 25.9 Å². The molecule has 1 atom stereocenters. The van der Waals surface area contributed by atoms with Gasteiger partial charge in [-0.25, -0.2) is 13.1 Å². The van der Waals surface area contributed by atoms with Crippen LogP contribution in [-0.2, 0) is 33.5 Å². The summed E-state index contributed by atoms with van der Waals surface area (Å²) in [4.78, 5) is 0.0841. The maximum Gasteiger partial charge on any atom is 0.427 e. The second-order valence-corrected chi connectivity index (χ2v) is 9.09. The molecule has 0 fully saturated rings. The Morgan fingerprint density at radius 1 is 1.00 bits per heavy atom. The molecule has 33 heavy (non-hydrogen) atoms. The Bertz CT molecular complexity index is 1150. The SMILES string of the molecule is CCOCCn1cccc1C(O)(c1ccc(CNS(=O)(=O)c2ccccc2)cc1)C(F)(F)F. The normalized spacial score (nSPS) is 14.2. The number of alkyl halides is 3. The van der Waals surface area contributed by atoms with Gasteiger partial charge in [0.15, 0.2) is 0 Å². The molecular formula is C23H25F3N2O4S. The van der Waals surface area contributed by atoms with Gasteiger partial charge in [-0.1, -0.05) is 42.5 Å². The molecule has 0 aliphatic heterocycles. The van der Waals surface area contributed by atoms with Crippen LogP contribution in [0.1, 0.15) is 23.7 Å². The van der Waals surface area contributed by atoms with Gasteiger partial charge in [-0.15, -0.1) is 0 Å². The molecule has 0 bridgehead atoms. The number of ether oxygens (including phenoxy) is 1. The van der Waals surface area contributed by atoms with Crippen molar-refractivity contribution in [1.29, 1.82) is 0 Å². The molecule has 0 saturated heterocycles. The zero-order valence-corrected chi connectivity index (χ0v) is 18.7. The van der Waals surface area contributed by atoms with Crippen LogP contribution in [0.2, 0.25) is 0 Å². The highest BCUT2D eigenvalue weighted by atomic mass is 32.2. The first kappa shape index (κ1) is 25.0. The number of hydrogen-bond donors (Lipinski definition) is 2. The van der Waals surface area contributed by atoms with E-state index >= 15 is 0 Å². The Hall–Kier alpha value is -2.66. The molecule has 178 valence electrons. The van der Waals surface area contributed by atoms with Gasteiger partial charge in [0.25, 0.3) is 0 Å². The lowest BCUT2D eigenvalue weighted by Crippen LogP contribution is -2.45. The summed E-state index contributed by atoms with van der Waals surface area (Å²) in [7, 11) is -3.77. The molecule has 0 amide bonds. The molecule has 0 radical (unpaired) electrons. The van der Waals surface area contributed by atoms with Crippen LogP contribution in [0, 0.1) is 0 Å². The summed E-state index contributed by atoms with van der Waals surface area (Å²) in [5.74, 6) is 0. The smallest absolute Gasteiger partial charge is 0.380 e. The number of rotatable bonds is 10. The number of nitrogens with one attached hydrogen (secondary N) is 1. The van der Waals surface area contributed by atoms with Crippen molar-refractivity contribution in [3.63, 3.8) is 0 Å². The van der Waals surface area contributed by atoms with Gasteiger partial charge in [-0.05, 0) is 42.3 Å². The van der Waals surface area contributed by atoms with Crippen LogP contribution < -0.4 is 4.72 Å². The number of aliphatic hydroxyl groups is 1. The van der Waals surface area contributed by atoms with E-state index in [1.807, 2.05) is 0 Å². The van der Waals surface area contributed by atoms with Gasteiger partial charge in [0.05, 0.1) is 17.2 Å². The Labute approximate surface area is 190 Å². The maximum atomic E-state index is 14.1. The molecule has 1 heterocycles. The molecule has 2 N–H and O–H groups in total. The molecule has 0 spiro atoms. The lowest BCUT2D eigenvalue weighted by atomic mass is 9.89. The lowest BCUT2D eigenvalue weighted by Gasteiger charge is -2.32. The van der Waals surface area contributed by atoms with Crippen molar-refractivity contribution >= 4 is 10.0 Å². The average molecular weight is 483 g/mol. The van der Waals surface area contributed by atoms with E-state index in [9.17, 15) is 26.7 Å². The third-order valence-electron chi connectivity index (χ3n) is 5.18. The largest absolute Gasteiger partial charge is 0.427 e.